The van der Waals surface area contributed by atoms with Crippen molar-refractivity contribution in [2.75, 3.05) is 25.1 Å². The summed E-state index contributed by atoms with van der Waals surface area (Å²) in [5.41, 5.74) is 1.34. The molecule has 108 valence electrons. The lowest BCUT2D eigenvalue weighted by Crippen LogP contribution is -2.33. The Morgan fingerprint density at radius 1 is 1.30 bits per heavy atom. The van der Waals surface area contributed by atoms with Crippen molar-refractivity contribution in [2.45, 2.75) is 12.8 Å². The second-order valence-corrected chi connectivity index (χ2v) is 4.83. The van der Waals surface area contributed by atoms with Gasteiger partial charge in [0.05, 0.1) is 13.0 Å². The molecule has 1 unspecified atom stereocenters. The molecule has 2 rings (SSSR count). The van der Waals surface area contributed by atoms with E-state index in [1.165, 1.54) is 0 Å². The first-order chi connectivity index (χ1) is 9.63. The first-order valence-electron chi connectivity index (χ1n) is 6.57. The van der Waals surface area contributed by atoms with Crippen LogP contribution in [-0.4, -0.2) is 36.9 Å². The molecule has 0 spiro atoms. The number of urea groups is 1. The number of carboxylic acid groups (broad SMARTS) is 1. The lowest BCUT2D eigenvalue weighted by atomic mass is 10.1. The summed E-state index contributed by atoms with van der Waals surface area (Å²) in [7, 11) is 0. The largest absolute Gasteiger partial charge is 0.481 e. The molecule has 1 heterocycles. The highest BCUT2D eigenvalue weighted by molar-refractivity contribution is 5.89. The van der Waals surface area contributed by atoms with E-state index in [1.807, 2.05) is 0 Å². The Morgan fingerprint density at radius 2 is 2.05 bits per heavy atom. The van der Waals surface area contributed by atoms with Crippen LogP contribution in [0.4, 0.5) is 10.5 Å². The zero-order valence-electron chi connectivity index (χ0n) is 11.1. The summed E-state index contributed by atoms with van der Waals surface area (Å²) < 4.78 is 5.23. The second-order valence-electron chi connectivity index (χ2n) is 4.83. The van der Waals surface area contributed by atoms with E-state index >= 15 is 0 Å². The summed E-state index contributed by atoms with van der Waals surface area (Å²) >= 11 is 0. The van der Waals surface area contributed by atoms with Crippen molar-refractivity contribution in [3.8, 4) is 0 Å². The molecule has 0 aromatic heterocycles. The number of carbonyl (C=O) groups excluding carboxylic acids is 1. The quantitative estimate of drug-likeness (QED) is 0.761. The molecule has 1 aromatic carbocycles. The molecule has 1 atom stereocenters. The third-order valence-electron chi connectivity index (χ3n) is 3.14. The maximum Gasteiger partial charge on any atom is 0.319 e. The zero-order chi connectivity index (χ0) is 14.4. The summed E-state index contributed by atoms with van der Waals surface area (Å²) in [5, 5.41) is 14.2. The standard InChI is InChI=1S/C14H18N2O4/c17-13(18)7-10-1-3-12(4-2-10)16-14(19)15-8-11-5-6-20-9-11/h1-4,11H,5-9H2,(H,17,18)(H2,15,16,19). The van der Waals surface area contributed by atoms with Crippen LogP contribution in [0.25, 0.3) is 0 Å². The van der Waals surface area contributed by atoms with Gasteiger partial charge < -0.3 is 20.5 Å². The highest BCUT2D eigenvalue weighted by Gasteiger charge is 2.16. The van der Waals surface area contributed by atoms with Crippen LogP contribution in [0.5, 0.6) is 0 Å². The molecule has 1 fully saturated rings. The van der Waals surface area contributed by atoms with Crippen LogP contribution in [0.3, 0.4) is 0 Å². The minimum absolute atomic E-state index is 0.0197. The third kappa shape index (κ3) is 4.55. The van der Waals surface area contributed by atoms with Gasteiger partial charge in [-0.2, -0.15) is 0 Å². The molecule has 1 saturated heterocycles. The number of ether oxygens (including phenoxy) is 1. The summed E-state index contributed by atoms with van der Waals surface area (Å²) in [6.45, 7) is 2.06. The number of aliphatic carboxylic acids is 1. The fourth-order valence-corrected chi connectivity index (χ4v) is 2.04. The molecule has 1 aliphatic heterocycles. The smallest absolute Gasteiger partial charge is 0.319 e. The minimum atomic E-state index is -0.873. The lowest BCUT2D eigenvalue weighted by Gasteiger charge is -2.11. The number of amides is 2. The van der Waals surface area contributed by atoms with Crippen LogP contribution in [0, 0.1) is 5.92 Å². The first-order valence-corrected chi connectivity index (χ1v) is 6.57. The van der Waals surface area contributed by atoms with Crippen molar-refractivity contribution >= 4 is 17.7 Å². The van der Waals surface area contributed by atoms with Gasteiger partial charge in [-0.25, -0.2) is 4.79 Å². The molecule has 1 aromatic rings. The predicted octanol–water partition coefficient (Wildman–Crippen LogP) is 1.47. The molecule has 2 amide bonds. The molecule has 6 nitrogen and oxygen atoms in total. The van der Waals surface area contributed by atoms with E-state index in [4.69, 9.17) is 9.84 Å². The molecule has 0 aliphatic carbocycles. The van der Waals surface area contributed by atoms with Gasteiger partial charge >= 0.3 is 12.0 Å². The van der Waals surface area contributed by atoms with Crippen molar-refractivity contribution in [2.24, 2.45) is 5.92 Å². The summed E-state index contributed by atoms with van der Waals surface area (Å²) in [6, 6.07) is 6.50. The Bertz CT molecular complexity index is 467. The summed E-state index contributed by atoms with van der Waals surface area (Å²) in [6.07, 6.45) is 0.957. The number of carbonyl (C=O) groups is 2. The molecular formula is C14H18N2O4. The van der Waals surface area contributed by atoms with Crippen molar-refractivity contribution in [1.82, 2.24) is 5.32 Å². The highest BCUT2D eigenvalue weighted by Crippen LogP contribution is 2.12. The van der Waals surface area contributed by atoms with Gasteiger partial charge in [0.1, 0.15) is 0 Å². The van der Waals surface area contributed by atoms with Gasteiger partial charge in [-0.15, -0.1) is 0 Å². The van der Waals surface area contributed by atoms with Gasteiger partial charge in [0, 0.05) is 24.8 Å². The molecule has 20 heavy (non-hydrogen) atoms. The molecule has 6 heteroatoms. The average molecular weight is 278 g/mol. The number of carboxylic acids is 1. The maximum absolute atomic E-state index is 11.7. The minimum Gasteiger partial charge on any atom is -0.481 e. The zero-order valence-corrected chi connectivity index (χ0v) is 11.1. The number of anilines is 1. The predicted molar refractivity (Wildman–Crippen MR) is 73.7 cm³/mol. The van der Waals surface area contributed by atoms with Gasteiger partial charge in [-0.05, 0) is 24.1 Å². The van der Waals surface area contributed by atoms with E-state index in [-0.39, 0.29) is 12.5 Å². The van der Waals surface area contributed by atoms with Crippen molar-refractivity contribution in [3.63, 3.8) is 0 Å². The lowest BCUT2D eigenvalue weighted by molar-refractivity contribution is -0.136. The third-order valence-corrected chi connectivity index (χ3v) is 3.14. The van der Waals surface area contributed by atoms with Crippen LogP contribution in [0.15, 0.2) is 24.3 Å². The molecule has 3 N–H and O–H groups in total. The Morgan fingerprint density at radius 3 is 2.65 bits per heavy atom. The van der Waals surface area contributed by atoms with E-state index in [2.05, 4.69) is 10.6 Å². The van der Waals surface area contributed by atoms with E-state index in [1.54, 1.807) is 24.3 Å². The van der Waals surface area contributed by atoms with Gasteiger partial charge in [-0.3, -0.25) is 4.79 Å². The topological polar surface area (TPSA) is 87.7 Å². The van der Waals surface area contributed by atoms with E-state index < -0.39 is 5.97 Å². The highest BCUT2D eigenvalue weighted by atomic mass is 16.5. The van der Waals surface area contributed by atoms with Gasteiger partial charge in [0.25, 0.3) is 0 Å². The Balaban J connectivity index is 1.76. The van der Waals surface area contributed by atoms with Crippen LogP contribution >= 0.6 is 0 Å². The normalized spacial score (nSPS) is 17.7. The molecule has 1 aliphatic rings. The summed E-state index contributed by atoms with van der Waals surface area (Å²) in [5.74, 6) is -0.485. The maximum atomic E-state index is 11.7. The van der Waals surface area contributed by atoms with Crippen LogP contribution in [0.2, 0.25) is 0 Å². The van der Waals surface area contributed by atoms with Crippen LogP contribution < -0.4 is 10.6 Å². The Labute approximate surface area is 117 Å². The molecule has 0 radical (unpaired) electrons. The van der Waals surface area contributed by atoms with Crippen molar-refractivity contribution in [1.29, 1.82) is 0 Å². The Kier molecular flexibility index (Phi) is 4.95. The number of hydrogen-bond acceptors (Lipinski definition) is 3. The van der Waals surface area contributed by atoms with E-state index in [0.717, 1.165) is 13.0 Å². The van der Waals surface area contributed by atoms with Crippen LogP contribution in [0.1, 0.15) is 12.0 Å². The first kappa shape index (κ1) is 14.3. The Hall–Kier alpha value is -2.08. The van der Waals surface area contributed by atoms with Gasteiger partial charge in [0.2, 0.25) is 0 Å². The summed E-state index contributed by atoms with van der Waals surface area (Å²) in [4.78, 5) is 22.2. The molecule has 0 saturated carbocycles. The van der Waals surface area contributed by atoms with E-state index in [0.29, 0.717) is 30.3 Å². The van der Waals surface area contributed by atoms with Crippen LogP contribution in [-0.2, 0) is 16.0 Å². The van der Waals surface area contributed by atoms with Gasteiger partial charge in [-0.1, -0.05) is 12.1 Å². The van der Waals surface area contributed by atoms with Gasteiger partial charge in [0.15, 0.2) is 0 Å². The van der Waals surface area contributed by atoms with Crippen molar-refractivity contribution in [3.05, 3.63) is 29.8 Å². The monoisotopic (exact) mass is 278 g/mol. The average Bonchev–Trinajstić information content (AvgIpc) is 2.91. The molecule has 0 bridgehead atoms. The number of benzene rings is 1. The van der Waals surface area contributed by atoms with Crippen molar-refractivity contribution < 1.29 is 19.4 Å². The number of nitrogens with one attached hydrogen (secondary N) is 2. The number of hydrogen-bond donors (Lipinski definition) is 3. The number of rotatable bonds is 5. The fourth-order valence-electron chi connectivity index (χ4n) is 2.04. The molecular weight excluding hydrogens is 260 g/mol. The van der Waals surface area contributed by atoms with E-state index in [9.17, 15) is 9.59 Å². The SMILES string of the molecule is O=C(O)Cc1ccc(NC(=O)NCC2CCOC2)cc1. The fraction of sp³-hybridized carbons (Fsp3) is 0.429. The second kappa shape index (κ2) is 6.91.